The monoisotopic (exact) mass is 190 g/mol. The van der Waals surface area contributed by atoms with Crippen molar-refractivity contribution in [2.75, 3.05) is 0 Å². The highest BCUT2D eigenvalue weighted by molar-refractivity contribution is 5.98. The van der Waals surface area contributed by atoms with E-state index in [-0.39, 0.29) is 5.69 Å². The molecule has 5 nitrogen and oxygen atoms in total. The van der Waals surface area contributed by atoms with Gasteiger partial charge in [-0.3, -0.25) is 4.79 Å². The second-order valence-corrected chi connectivity index (χ2v) is 2.71. The molecule has 0 aliphatic heterocycles. The van der Waals surface area contributed by atoms with Crippen molar-refractivity contribution in [3.05, 3.63) is 30.0 Å². The molecule has 0 atom stereocenters. The number of benzene rings is 1. The quantitative estimate of drug-likeness (QED) is 0.689. The molecule has 14 heavy (non-hydrogen) atoms. The fourth-order valence-corrected chi connectivity index (χ4v) is 1.31. The van der Waals surface area contributed by atoms with Crippen molar-refractivity contribution < 1.29 is 14.7 Å². The van der Waals surface area contributed by atoms with Gasteiger partial charge in [0.2, 0.25) is 0 Å². The van der Waals surface area contributed by atoms with Gasteiger partial charge >= 0.3 is 6.09 Å². The van der Waals surface area contributed by atoms with Gasteiger partial charge in [-0.2, -0.15) is 9.78 Å². The number of hydrogen-bond acceptors (Lipinski definition) is 3. The van der Waals surface area contributed by atoms with Crippen LogP contribution in [0, 0.1) is 0 Å². The van der Waals surface area contributed by atoms with E-state index in [1.54, 1.807) is 24.3 Å². The van der Waals surface area contributed by atoms with Gasteiger partial charge in [-0.25, -0.2) is 4.79 Å². The van der Waals surface area contributed by atoms with Crippen LogP contribution in [0.5, 0.6) is 0 Å². The molecule has 0 spiro atoms. The molecule has 0 unspecified atom stereocenters. The molecule has 0 aliphatic carbocycles. The molecule has 0 saturated heterocycles. The highest BCUT2D eigenvalue weighted by Gasteiger charge is 2.13. The summed E-state index contributed by atoms with van der Waals surface area (Å²) in [6, 6.07) is 6.77. The average molecular weight is 190 g/mol. The van der Waals surface area contributed by atoms with Gasteiger partial charge in [0.05, 0.1) is 5.52 Å². The molecule has 0 aliphatic rings. The SMILES string of the molecule is O=Cc1c2ccccc2nn1C(=O)O. The van der Waals surface area contributed by atoms with Gasteiger partial charge in [0.25, 0.3) is 0 Å². The number of fused-ring (bicyclic) bond motifs is 1. The molecule has 0 saturated carbocycles. The van der Waals surface area contributed by atoms with Crippen molar-refractivity contribution in [3.63, 3.8) is 0 Å². The van der Waals surface area contributed by atoms with Gasteiger partial charge < -0.3 is 5.11 Å². The number of nitrogens with zero attached hydrogens (tertiary/aromatic N) is 2. The summed E-state index contributed by atoms with van der Waals surface area (Å²) in [6.07, 6.45) is -0.771. The van der Waals surface area contributed by atoms with E-state index < -0.39 is 6.09 Å². The van der Waals surface area contributed by atoms with Crippen molar-refractivity contribution >= 4 is 23.3 Å². The number of aldehydes is 1. The lowest BCUT2D eigenvalue weighted by molar-refractivity contribution is 0.111. The molecule has 0 fully saturated rings. The van der Waals surface area contributed by atoms with Crippen LogP contribution in [-0.2, 0) is 0 Å². The molecule has 1 aromatic carbocycles. The van der Waals surface area contributed by atoms with Crippen LogP contribution in [-0.4, -0.2) is 27.3 Å². The van der Waals surface area contributed by atoms with Crippen LogP contribution in [0.15, 0.2) is 24.3 Å². The summed E-state index contributed by atoms with van der Waals surface area (Å²) < 4.78 is 0.678. The van der Waals surface area contributed by atoms with E-state index in [2.05, 4.69) is 5.10 Å². The number of carbonyl (C=O) groups is 2. The summed E-state index contributed by atoms with van der Waals surface area (Å²) in [6.45, 7) is 0. The normalized spacial score (nSPS) is 10.3. The number of carboxylic acid groups (broad SMARTS) is 1. The maximum atomic E-state index is 10.7. The standard InChI is InChI=1S/C9H6N2O3/c12-5-8-6-3-1-2-4-7(6)10-11(8)9(13)14/h1-5H,(H,13,14). The predicted molar refractivity (Wildman–Crippen MR) is 48.5 cm³/mol. The summed E-state index contributed by atoms with van der Waals surface area (Å²) in [4.78, 5) is 21.4. The third kappa shape index (κ3) is 1.06. The van der Waals surface area contributed by atoms with Gasteiger partial charge in [0.15, 0.2) is 6.29 Å². The number of aromatic nitrogens is 2. The maximum absolute atomic E-state index is 10.7. The van der Waals surface area contributed by atoms with Gasteiger partial charge in [0.1, 0.15) is 5.69 Å². The van der Waals surface area contributed by atoms with E-state index in [0.717, 1.165) is 0 Å². The third-order valence-electron chi connectivity index (χ3n) is 1.91. The van der Waals surface area contributed by atoms with E-state index in [1.807, 2.05) is 0 Å². The van der Waals surface area contributed by atoms with Crippen LogP contribution in [0.25, 0.3) is 10.9 Å². The molecule has 0 radical (unpaired) electrons. The lowest BCUT2D eigenvalue weighted by Crippen LogP contribution is -2.12. The lowest BCUT2D eigenvalue weighted by atomic mass is 10.2. The van der Waals surface area contributed by atoms with Gasteiger partial charge in [-0.05, 0) is 6.07 Å². The molecular formula is C9H6N2O3. The Bertz CT molecular complexity index is 516. The molecule has 2 rings (SSSR count). The minimum Gasteiger partial charge on any atom is -0.463 e. The first kappa shape index (κ1) is 8.43. The van der Waals surface area contributed by atoms with Gasteiger partial charge in [0, 0.05) is 5.39 Å². The Morgan fingerprint density at radius 1 is 1.43 bits per heavy atom. The largest absolute Gasteiger partial charge is 0.463 e. The van der Waals surface area contributed by atoms with Crippen molar-refractivity contribution in [3.8, 4) is 0 Å². The Hall–Kier alpha value is -2.17. The van der Waals surface area contributed by atoms with E-state index in [4.69, 9.17) is 5.11 Å². The fourth-order valence-electron chi connectivity index (χ4n) is 1.31. The minimum atomic E-state index is -1.26. The fraction of sp³-hybridized carbons (Fsp3) is 0. The Kier molecular flexibility index (Phi) is 1.78. The van der Waals surface area contributed by atoms with E-state index in [9.17, 15) is 9.59 Å². The maximum Gasteiger partial charge on any atom is 0.432 e. The highest BCUT2D eigenvalue weighted by atomic mass is 16.4. The summed E-state index contributed by atoms with van der Waals surface area (Å²) in [7, 11) is 0. The van der Waals surface area contributed by atoms with E-state index in [1.165, 1.54) is 0 Å². The zero-order valence-electron chi connectivity index (χ0n) is 7.04. The second kappa shape index (κ2) is 2.95. The van der Waals surface area contributed by atoms with Crippen molar-refractivity contribution in [2.45, 2.75) is 0 Å². The summed E-state index contributed by atoms with van der Waals surface area (Å²) in [5.74, 6) is 0. The molecule has 70 valence electrons. The van der Waals surface area contributed by atoms with Crippen LogP contribution in [0.2, 0.25) is 0 Å². The average Bonchev–Trinajstić information content (AvgIpc) is 2.56. The van der Waals surface area contributed by atoms with Crippen LogP contribution in [0.4, 0.5) is 4.79 Å². The summed E-state index contributed by atoms with van der Waals surface area (Å²) in [5, 5.41) is 13.1. The first-order valence-corrected chi connectivity index (χ1v) is 3.90. The van der Waals surface area contributed by atoms with Crippen LogP contribution >= 0.6 is 0 Å². The number of rotatable bonds is 1. The molecule has 1 aromatic heterocycles. The smallest absolute Gasteiger partial charge is 0.432 e. The molecule has 1 N–H and O–H groups in total. The lowest BCUT2D eigenvalue weighted by Gasteiger charge is -1.92. The van der Waals surface area contributed by atoms with Gasteiger partial charge in [-0.1, -0.05) is 18.2 Å². The molecular weight excluding hydrogens is 184 g/mol. The molecule has 1 heterocycles. The molecule has 0 bridgehead atoms. The van der Waals surface area contributed by atoms with Crippen molar-refractivity contribution in [2.24, 2.45) is 0 Å². The summed E-state index contributed by atoms with van der Waals surface area (Å²) in [5.41, 5.74) is 0.560. The highest BCUT2D eigenvalue weighted by Crippen LogP contribution is 2.15. The molecule has 2 aromatic rings. The number of hydrogen-bond donors (Lipinski definition) is 1. The zero-order chi connectivity index (χ0) is 10.1. The summed E-state index contributed by atoms with van der Waals surface area (Å²) >= 11 is 0. The van der Waals surface area contributed by atoms with Crippen LogP contribution in [0.1, 0.15) is 10.5 Å². The first-order valence-electron chi connectivity index (χ1n) is 3.90. The predicted octanol–water partition coefficient (Wildman–Crippen LogP) is 1.37. The minimum absolute atomic E-state index is 0.0631. The Morgan fingerprint density at radius 3 is 2.79 bits per heavy atom. The number of carbonyl (C=O) groups excluding carboxylic acids is 1. The topological polar surface area (TPSA) is 72.2 Å². The van der Waals surface area contributed by atoms with E-state index in [0.29, 0.717) is 21.9 Å². The Balaban J connectivity index is 2.85. The van der Waals surface area contributed by atoms with Crippen LogP contribution in [0.3, 0.4) is 0 Å². The molecule has 5 heteroatoms. The van der Waals surface area contributed by atoms with Gasteiger partial charge in [-0.15, -0.1) is 0 Å². The first-order chi connectivity index (χ1) is 6.74. The van der Waals surface area contributed by atoms with E-state index >= 15 is 0 Å². The van der Waals surface area contributed by atoms with Crippen LogP contribution < -0.4 is 0 Å². The Morgan fingerprint density at radius 2 is 2.14 bits per heavy atom. The van der Waals surface area contributed by atoms with Crippen molar-refractivity contribution in [1.29, 1.82) is 0 Å². The van der Waals surface area contributed by atoms with Crippen molar-refractivity contribution in [1.82, 2.24) is 9.78 Å². The molecule has 0 amide bonds. The Labute approximate surface area is 78.6 Å². The second-order valence-electron chi connectivity index (χ2n) is 2.71. The third-order valence-corrected chi connectivity index (χ3v) is 1.91. The zero-order valence-corrected chi connectivity index (χ0v) is 7.04.